The van der Waals surface area contributed by atoms with Crippen molar-refractivity contribution in [2.45, 2.75) is 39.0 Å². The van der Waals surface area contributed by atoms with Crippen LogP contribution in [0.25, 0.3) is 10.8 Å². The lowest BCUT2D eigenvalue weighted by Crippen LogP contribution is -1.98. The molecule has 2 aromatic carbocycles. The van der Waals surface area contributed by atoms with Crippen molar-refractivity contribution < 1.29 is 15.0 Å². The molecule has 0 heterocycles. The number of hydrogen-bond donors (Lipinski definition) is 2. The van der Waals surface area contributed by atoms with Crippen molar-refractivity contribution >= 4 is 16.6 Å². The molecule has 0 saturated heterocycles. The van der Waals surface area contributed by atoms with Crippen LogP contribution in [0.4, 0.5) is 0 Å². The maximum Gasteiger partial charge on any atom is 0.162 e. The molecule has 0 atom stereocenters. The second-order valence-corrected chi connectivity index (χ2v) is 5.14. The maximum atomic E-state index is 12.1. The molecule has 0 fully saturated rings. The Bertz CT molecular complexity index is 617. The van der Waals surface area contributed by atoms with Crippen molar-refractivity contribution in [3.05, 3.63) is 35.9 Å². The highest BCUT2D eigenvalue weighted by molar-refractivity contribution is 6.00. The number of ketones is 1. The summed E-state index contributed by atoms with van der Waals surface area (Å²) < 4.78 is 0. The second kappa shape index (κ2) is 6.42. The fourth-order valence-corrected chi connectivity index (χ4v) is 2.30. The van der Waals surface area contributed by atoms with Gasteiger partial charge in [-0.15, -0.1) is 0 Å². The van der Waals surface area contributed by atoms with Crippen LogP contribution in [0.15, 0.2) is 30.3 Å². The fourth-order valence-electron chi connectivity index (χ4n) is 2.30. The molecule has 0 amide bonds. The Balaban J connectivity index is 2.14. The summed E-state index contributed by atoms with van der Waals surface area (Å²) in [7, 11) is 0. The summed E-state index contributed by atoms with van der Waals surface area (Å²) in [6.45, 7) is 2.15. The topological polar surface area (TPSA) is 57.5 Å². The van der Waals surface area contributed by atoms with Gasteiger partial charge < -0.3 is 10.2 Å². The van der Waals surface area contributed by atoms with Crippen molar-refractivity contribution in [1.29, 1.82) is 0 Å². The number of phenols is 2. The molecule has 0 unspecified atom stereocenters. The van der Waals surface area contributed by atoms with Crippen molar-refractivity contribution in [3.63, 3.8) is 0 Å². The van der Waals surface area contributed by atoms with E-state index in [9.17, 15) is 15.0 Å². The number of carbonyl (C=O) groups is 1. The van der Waals surface area contributed by atoms with E-state index in [1.165, 1.54) is 12.1 Å². The molecule has 0 radical (unpaired) electrons. The minimum atomic E-state index is -0.162. The minimum absolute atomic E-state index is 0.135. The number of Topliss-reactive ketones (excluding diaryl/α,β-unsaturated/α-hetero) is 1. The van der Waals surface area contributed by atoms with Gasteiger partial charge in [0.05, 0.1) is 0 Å². The average Bonchev–Trinajstić information content (AvgIpc) is 2.44. The van der Waals surface area contributed by atoms with E-state index in [0.29, 0.717) is 12.0 Å². The van der Waals surface area contributed by atoms with Gasteiger partial charge in [0.25, 0.3) is 0 Å². The molecule has 0 aliphatic heterocycles. The number of benzene rings is 2. The van der Waals surface area contributed by atoms with Crippen LogP contribution in [-0.4, -0.2) is 16.0 Å². The number of unbranched alkanes of at least 4 members (excludes halogenated alkanes) is 3. The van der Waals surface area contributed by atoms with Crippen LogP contribution in [0, 0.1) is 0 Å². The Morgan fingerprint density at radius 1 is 0.950 bits per heavy atom. The molecule has 2 aromatic rings. The molecular formula is C17H20O3. The van der Waals surface area contributed by atoms with Crippen LogP contribution in [-0.2, 0) is 0 Å². The molecule has 3 heteroatoms. The van der Waals surface area contributed by atoms with Crippen LogP contribution in [0.1, 0.15) is 49.4 Å². The van der Waals surface area contributed by atoms with Gasteiger partial charge in [0.1, 0.15) is 0 Å². The Morgan fingerprint density at radius 2 is 1.65 bits per heavy atom. The van der Waals surface area contributed by atoms with E-state index in [2.05, 4.69) is 6.92 Å². The first-order valence-electron chi connectivity index (χ1n) is 7.10. The van der Waals surface area contributed by atoms with E-state index in [-0.39, 0.29) is 17.3 Å². The molecule has 106 valence electrons. The zero-order chi connectivity index (χ0) is 14.5. The number of fused-ring (bicyclic) bond motifs is 1. The summed E-state index contributed by atoms with van der Waals surface area (Å²) in [5.41, 5.74) is 0.666. The largest absolute Gasteiger partial charge is 0.504 e. The molecule has 3 nitrogen and oxygen atoms in total. The average molecular weight is 272 g/mol. The summed E-state index contributed by atoms with van der Waals surface area (Å²) in [6.07, 6.45) is 4.90. The lowest BCUT2D eigenvalue weighted by molar-refractivity contribution is 0.0979. The highest BCUT2D eigenvalue weighted by atomic mass is 16.3. The first-order chi connectivity index (χ1) is 9.61. The highest BCUT2D eigenvalue weighted by Gasteiger charge is 2.08. The van der Waals surface area contributed by atoms with Gasteiger partial charge in [-0.3, -0.25) is 4.79 Å². The maximum absolute atomic E-state index is 12.1. The molecular weight excluding hydrogens is 252 g/mol. The molecule has 0 aliphatic carbocycles. The molecule has 2 N–H and O–H groups in total. The number of carbonyl (C=O) groups excluding carboxylic acids is 1. The number of hydrogen-bond acceptors (Lipinski definition) is 3. The fraction of sp³-hybridized carbons (Fsp3) is 0.353. The van der Waals surface area contributed by atoms with Gasteiger partial charge in [0, 0.05) is 12.0 Å². The van der Waals surface area contributed by atoms with Crippen LogP contribution in [0.2, 0.25) is 0 Å². The standard InChI is InChI=1S/C17H20O3/c1-2-3-4-5-6-15(18)13-8-7-12-10-16(19)17(20)11-14(12)9-13/h7-11,19-20H,2-6H2,1H3. The van der Waals surface area contributed by atoms with Crippen LogP contribution in [0.5, 0.6) is 11.5 Å². The van der Waals surface area contributed by atoms with Gasteiger partial charge in [0.15, 0.2) is 17.3 Å². The second-order valence-electron chi connectivity index (χ2n) is 5.14. The Labute approximate surface area is 118 Å². The predicted molar refractivity (Wildman–Crippen MR) is 80.4 cm³/mol. The molecule has 20 heavy (non-hydrogen) atoms. The normalized spacial score (nSPS) is 10.8. The molecule has 2 rings (SSSR count). The Hall–Kier alpha value is -2.03. The minimum Gasteiger partial charge on any atom is -0.504 e. The molecule has 0 bridgehead atoms. The van der Waals surface area contributed by atoms with Crippen molar-refractivity contribution in [2.24, 2.45) is 0 Å². The Morgan fingerprint density at radius 3 is 2.35 bits per heavy atom. The summed E-state index contributed by atoms with van der Waals surface area (Å²) in [5, 5.41) is 20.5. The number of aromatic hydroxyl groups is 2. The van der Waals surface area contributed by atoms with Gasteiger partial charge >= 0.3 is 0 Å². The van der Waals surface area contributed by atoms with Gasteiger partial charge in [-0.2, -0.15) is 0 Å². The third-order valence-electron chi connectivity index (χ3n) is 3.51. The lowest BCUT2D eigenvalue weighted by atomic mass is 10.0. The zero-order valence-electron chi connectivity index (χ0n) is 11.7. The SMILES string of the molecule is CCCCCCC(=O)c1ccc2cc(O)c(O)cc2c1. The molecule has 0 spiro atoms. The van der Waals surface area contributed by atoms with Crippen LogP contribution >= 0.6 is 0 Å². The van der Waals surface area contributed by atoms with E-state index in [4.69, 9.17) is 0 Å². The van der Waals surface area contributed by atoms with Crippen molar-refractivity contribution in [3.8, 4) is 11.5 Å². The summed E-state index contributed by atoms with van der Waals surface area (Å²) in [6, 6.07) is 8.34. The first kappa shape index (κ1) is 14.4. The molecule has 0 aliphatic rings. The zero-order valence-corrected chi connectivity index (χ0v) is 11.7. The van der Waals surface area contributed by atoms with Crippen molar-refractivity contribution in [1.82, 2.24) is 0 Å². The van der Waals surface area contributed by atoms with E-state index < -0.39 is 0 Å². The van der Waals surface area contributed by atoms with Gasteiger partial charge in [-0.1, -0.05) is 38.3 Å². The monoisotopic (exact) mass is 272 g/mol. The first-order valence-corrected chi connectivity index (χ1v) is 7.10. The quantitative estimate of drug-likeness (QED) is 0.465. The number of phenolic OH excluding ortho intramolecular Hbond substituents is 2. The smallest absolute Gasteiger partial charge is 0.162 e. The highest BCUT2D eigenvalue weighted by Crippen LogP contribution is 2.30. The van der Waals surface area contributed by atoms with E-state index in [1.807, 2.05) is 0 Å². The van der Waals surface area contributed by atoms with E-state index in [0.717, 1.165) is 36.5 Å². The predicted octanol–water partition coefficient (Wildman–Crippen LogP) is 4.40. The molecule has 0 saturated carbocycles. The van der Waals surface area contributed by atoms with Crippen LogP contribution < -0.4 is 0 Å². The summed E-state index contributed by atoms with van der Waals surface area (Å²) >= 11 is 0. The van der Waals surface area contributed by atoms with Crippen LogP contribution in [0.3, 0.4) is 0 Å². The third-order valence-corrected chi connectivity index (χ3v) is 3.51. The molecule has 0 aromatic heterocycles. The number of rotatable bonds is 6. The van der Waals surface area contributed by atoms with E-state index in [1.54, 1.807) is 18.2 Å². The van der Waals surface area contributed by atoms with E-state index >= 15 is 0 Å². The van der Waals surface area contributed by atoms with Gasteiger partial charge in [-0.05, 0) is 35.4 Å². The summed E-state index contributed by atoms with van der Waals surface area (Å²) in [4.78, 5) is 12.1. The third kappa shape index (κ3) is 3.29. The van der Waals surface area contributed by atoms with Gasteiger partial charge in [-0.25, -0.2) is 0 Å². The van der Waals surface area contributed by atoms with Gasteiger partial charge in [0.2, 0.25) is 0 Å². The van der Waals surface area contributed by atoms with Crippen molar-refractivity contribution in [2.75, 3.05) is 0 Å². The lowest BCUT2D eigenvalue weighted by Gasteiger charge is -2.05. The Kier molecular flexibility index (Phi) is 4.61. The summed E-state index contributed by atoms with van der Waals surface area (Å²) in [5.74, 6) is -0.170.